The summed E-state index contributed by atoms with van der Waals surface area (Å²) < 4.78 is 0. The summed E-state index contributed by atoms with van der Waals surface area (Å²) in [5.41, 5.74) is 0.789. The second-order valence-electron chi connectivity index (χ2n) is 6.69. The third kappa shape index (κ3) is 23.3. The third-order valence-electron chi connectivity index (χ3n) is 2.30. The van der Waals surface area contributed by atoms with Crippen molar-refractivity contribution in [3.8, 4) is 0 Å². The van der Waals surface area contributed by atoms with Gasteiger partial charge in [-0.1, -0.05) is 63.6 Å². The smallest absolute Gasteiger partial charge is 1.00 e. The van der Waals surface area contributed by atoms with Crippen LogP contribution < -0.4 is 50.1 Å². The van der Waals surface area contributed by atoms with E-state index >= 15 is 0 Å². The van der Waals surface area contributed by atoms with Crippen LogP contribution in [0.5, 0.6) is 0 Å². The molecule has 0 amide bonds. The molecule has 1 aliphatic rings. The van der Waals surface area contributed by atoms with E-state index in [0.717, 1.165) is 5.54 Å². The van der Waals surface area contributed by atoms with Gasteiger partial charge in [-0.15, -0.1) is 0 Å². The van der Waals surface area contributed by atoms with Gasteiger partial charge in [-0.3, -0.25) is 0 Å². The number of hydrogen-bond acceptors (Lipinski definition) is 0. The van der Waals surface area contributed by atoms with Crippen molar-refractivity contribution in [2.45, 2.75) is 44.8 Å². The number of hydrogen-bond donors (Lipinski definition) is 0. The normalized spacial score (nSPS) is 12.5. The minimum Gasteiger partial charge on any atom is -1.00 e. The van der Waals surface area contributed by atoms with E-state index in [4.69, 9.17) is 11.1 Å². The zero-order chi connectivity index (χ0) is 14.9. The Hall–Kier alpha value is 1.04. The van der Waals surface area contributed by atoms with E-state index in [1.807, 2.05) is 30.3 Å². The average molecular weight is 361 g/mol. The van der Waals surface area contributed by atoms with Crippen molar-refractivity contribution in [3.05, 3.63) is 54.6 Å². The van der Waals surface area contributed by atoms with Crippen LogP contribution in [0.2, 0.25) is 44.8 Å². The van der Waals surface area contributed by atoms with E-state index in [-0.39, 0.29) is 50.1 Å². The molecule has 22 heavy (non-hydrogen) atoms. The Morgan fingerprint density at radius 1 is 0.818 bits per heavy atom. The largest absolute Gasteiger partial charge is 1.00 e. The first kappa shape index (κ1) is 30.9. The maximum atomic E-state index is 5.67. The summed E-state index contributed by atoms with van der Waals surface area (Å²) >= 11 is 5.67. The standard InChI is InChI=1S/C8H14Si.C5H5.C3H9ClSi.ClH.2Li/c1-9(2,3)8-6-4-5-7-8;1-2-4-5-3-1;1-5(2,3)4;;;/h4-8H,1-3H3;1-5H;1-3H3;1H;;/q;-1;;;2*+1/p-1. The molecule has 0 nitrogen and oxygen atoms in total. The van der Waals surface area contributed by atoms with Gasteiger partial charge in [0.2, 0.25) is 0 Å². The molecule has 0 saturated heterocycles. The Balaban J connectivity index is -0.000000110. The van der Waals surface area contributed by atoms with Gasteiger partial charge in [0.25, 0.3) is 0 Å². The zero-order valence-electron chi connectivity index (χ0n) is 15.5. The van der Waals surface area contributed by atoms with Gasteiger partial charge >= 0.3 is 37.7 Å². The monoisotopic (exact) mass is 360 g/mol. The second kappa shape index (κ2) is 15.6. The van der Waals surface area contributed by atoms with Gasteiger partial charge < -0.3 is 12.4 Å². The van der Waals surface area contributed by atoms with Crippen LogP contribution in [-0.2, 0) is 0 Å². The molecule has 0 fully saturated rings. The van der Waals surface area contributed by atoms with Crippen molar-refractivity contribution in [1.29, 1.82) is 0 Å². The maximum Gasteiger partial charge on any atom is 1.00 e. The number of rotatable bonds is 1. The quantitative estimate of drug-likeness (QED) is 0.290. The Morgan fingerprint density at radius 2 is 1.14 bits per heavy atom. The molecule has 0 radical (unpaired) electrons. The summed E-state index contributed by atoms with van der Waals surface area (Å²) in [7, 11) is -2.04. The summed E-state index contributed by atoms with van der Waals surface area (Å²) in [6, 6.07) is 10.0. The molecule has 0 saturated carbocycles. The second-order valence-corrected chi connectivity index (χ2v) is 19.6. The van der Waals surface area contributed by atoms with Gasteiger partial charge in [0, 0.05) is 0 Å². The molecular weight excluding hydrogens is 333 g/mol. The van der Waals surface area contributed by atoms with Gasteiger partial charge in [0.15, 0.2) is 0 Å². The Bertz CT molecular complexity index is 343. The van der Waals surface area contributed by atoms with Gasteiger partial charge in [-0.25, -0.2) is 12.1 Å². The molecule has 0 N–H and O–H groups in total. The topological polar surface area (TPSA) is 0 Å². The predicted octanol–water partition coefficient (Wildman–Crippen LogP) is -2.70. The van der Waals surface area contributed by atoms with E-state index in [0.29, 0.717) is 0 Å². The minimum atomic E-state index is -1.14. The average Bonchev–Trinajstić information content (AvgIpc) is 2.91. The summed E-state index contributed by atoms with van der Waals surface area (Å²) in [5, 5.41) is 0. The van der Waals surface area contributed by atoms with E-state index in [1.54, 1.807) is 0 Å². The molecule has 116 valence electrons. The van der Waals surface area contributed by atoms with Gasteiger partial charge in [0.1, 0.15) is 7.38 Å². The van der Waals surface area contributed by atoms with Crippen molar-refractivity contribution >= 4 is 26.5 Å². The van der Waals surface area contributed by atoms with Gasteiger partial charge in [-0.05, 0) is 5.54 Å². The third-order valence-corrected chi connectivity index (χ3v) is 4.69. The molecule has 0 atom stereocenters. The molecule has 0 spiro atoms. The first-order valence-electron chi connectivity index (χ1n) is 6.81. The Labute approximate surface area is 175 Å². The van der Waals surface area contributed by atoms with E-state index in [1.165, 1.54) is 0 Å². The van der Waals surface area contributed by atoms with E-state index in [9.17, 15) is 0 Å². The van der Waals surface area contributed by atoms with E-state index in [2.05, 4.69) is 63.6 Å². The summed E-state index contributed by atoms with van der Waals surface area (Å²) in [5.74, 6) is 0. The first-order chi connectivity index (χ1) is 8.61. The molecule has 0 unspecified atom stereocenters. The SMILES string of the molecule is C[Si](C)(C)C1C=CC=C1.C[Si](C)(C)Cl.[Cl-].[Li+].[Li+].c1cc[cH-]c1. The number of allylic oxidation sites excluding steroid dienone is 4. The summed E-state index contributed by atoms with van der Waals surface area (Å²) in [4.78, 5) is 0. The fourth-order valence-corrected chi connectivity index (χ4v) is 2.71. The fourth-order valence-electron chi connectivity index (χ4n) is 1.33. The zero-order valence-corrected chi connectivity index (χ0v) is 19.0. The molecule has 6 heteroatoms. The number of halogens is 2. The molecule has 0 aromatic heterocycles. The molecule has 0 aliphatic heterocycles. The van der Waals surface area contributed by atoms with Crippen molar-refractivity contribution in [2.75, 3.05) is 0 Å². The van der Waals surface area contributed by atoms with Crippen LogP contribution in [-0.4, -0.2) is 15.5 Å². The van der Waals surface area contributed by atoms with Gasteiger partial charge in [-0.2, -0.15) is 29.3 Å². The van der Waals surface area contributed by atoms with Crippen LogP contribution in [0, 0.1) is 0 Å². The molecular formula is C16H28Cl2Li2Si2. The fraction of sp³-hybridized carbons (Fsp3) is 0.438. The van der Waals surface area contributed by atoms with Gasteiger partial charge in [0.05, 0.1) is 8.07 Å². The van der Waals surface area contributed by atoms with Crippen molar-refractivity contribution < 1.29 is 50.1 Å². The molecule has 2 rings (SSSR count). The summed E-state index contributed by atoms with van der Waals surface area (Å²) in [6.07, 6.45) is 8.93. The summed E-state index contributed by atoms with van der Waals surface area (Å²) in [6.45, 7) is 13.5. The van der Waals surface area contributed by atoms with Crippen LogP contribution in [0.15, 0.2) is 54.6 Å². The van der Waals surface area contributed by atoms with Crippen LogP contribution in [0.1, 0.15) is 0 Å². The molecule has 0 heterocycles. The minimum absolute atomic E-state index is 0. The van der Waals surface area contributed by atoms with Crippen molar-refractivity contribution in [3.63, 3.8) is 0 Å². The van der Waals surface area contributed by atoms with Crippen molar-refractivity contribution in [1.82, 2.24) is 0 Å². The first-order valence-corrected chi connectivity index (χ1v) is 14.9. The van der Waals surface area contributed by atoms with Crippen LogP contribution in [0.25, 0.3) is 0 Å². The predicted molar refractivity (Wildman–Crippen MR) is 96.6 cm³/mol. The van der Waals surface area contributed by atoms with E-state index < -0.39 is 15.5 Å². The molecule has 1 aromatic carbocycles. The molecule has 0 bridgehead atoms. The van der Waals surface area contributed by atoms with Crippen LogP contribution in [0.4, 0.5) is 0 Å². The molecule has 1 aliphatic carbocycles. The molecule has 1 aromatic rings. The van der Waals surface area contributed by atoms with Crippen LogP contribution in [0.3, 0.4) is 0 Å². The Kier molecular flexibility index (Phi) is 21.8. The van der Waals surface area contributed by atoms with Crippen molar-refractivity contribution in [2.24, 2.45) is 0 Å². The maximum absolute atomic E-state index is 5.67. The Morgan fingerprint density at radius 3 is 1.27 bits per heavy atom. The van der Waals surface area contributed by atoms with Crippen LogP contribution >= 0.6 is 11.1 Å².